The molecule has 0 aliphatic heterocycles. The normalized spacial score (nSPS) is 15.0. The van der Waals surface area contributed by atoms with Gasteiger partial charge < -0.3 is 5.73 Å². The van der Waals surface area contributed by atoms with E-state index in [1.54, 1.807) is 0 Å². The molecule has 5 aromatic rings. The maximum Gasteiger partial charge on any atom is 0.0352 e. The molecule has 0 bridgehead atoms. The van der Waals surface area contributed by atoms with E-state index >= 15 is 0 Å². The molecule has 56 heavy (non-hydrogen) atoms. The molecule has 1 nitrogen and oxygen atoms in total. The maximum absolute atomic E-state index is 6.71. The predicted octanol–water partition coefficient (Wildman–Crippen LogP) is 17.2. The van der Waals surface area contributed by atoms with Crippen LogP contribution in [0.1, 0.15) is 154 Å². The number of hydrogen-bond acceptors (Lipinski definition) is 1. The van der Waals surface area contributed by atoms with Gasteiger partial charge in [0.05, 0.1) is 0 Å². The molecule has 0 radical (unpaired) electrons. The molecule has 1 heteroatoms. The minimum Gasteiger partial charge on any atom is -0.398 e. The summed E-state index contributed by atoms with van der Waals surface area (Å²) in [5.41, 5.74) is 19.4. The van der Waals surface area contributed by atoms with Crippen molar-refractivity contribution in [2.75, 3.05) is 5.73 Å². The van der Waals surface area contributed by atoms with Crippen molar-refractivity contribution in [3.05, 3.63) is 150 Å². The number of fused-ring (bicyclic) bond motifs is 1. The molecule has 2 aliphatic rings. The van der Waals surface area contributed by atoms with Gasteiger partial charge in [-0.15, -0.1) is 0 Å². The largest absolute Gasteiger partial charge is 0.398 e. The van der Waals surface area contributed by atoms with Crippen molar-refractivity contribution >= 4 is 38.9 Å². The van der Waals surface area contributed by atoms with Gasteiger partial charge >= 0.3 is 0 Å². The van der Waals surface area contributed by atoms with Gasteiger partial charge in [0.2, 0.25) is 0 Å². The minimum absolute atomic E-state index is 0.0110. The SMILES string of the molecule is C=CC(=C)CC(C)c1ccc2ccc3c4c2c1C=CC4(C)CC=C3CCc1ccc(-c2cccc3ccccc23)cc1N.CC.CC.CCCC.CCCCC. The van der Waals surface area contributed by atoms with Crippen LogP contribution in [-0.4, -0.2) is 0 Å². The summed E-state index contributed by atoms with van der Waals surface area (Å²) in [7, 11) is 0. The highest BCUT2D eigenvalue weighted by molar-refractivity contribution is 6.01. The molecule has 0 amide bonds. The van der Waals surface area contributed by atoms with Crippen molar-refractivity contribution in [1.29, 1.82) is 0 Å². The van der Waals surface area contributed by atoms with Gasteiger partial charge in [0.1, 0.15) is 0 Å². The first kappa shape index (κ1) is 45.8. The minimum atomic E-state index is 0.0110. The standard InChI is InChI=1S/C42H39N.C5H12.C4H10.2C2H6/c1-5-27(2)25-28(3)34-19-17-32-18-20-37-30(21-23-42(4)24-22-38(34)40(32)41(37)42)13-14-31-15-16-33(26-39(31)43)36-12-8-10-29-9-6-7-11-35(29)36;1-3-5-4-2;1-3-4-2;2*1-2/h5-12,15-22,24,26,28H,1-2,13-14,23,25,43H2,3-4H3;3-5H2,1-2H3;3-4H2,1-2H3;2*1-2H3. The van der Waals surface area contributed by atoms with Gasteiger partial charge in [-0.25, -0.2) is 0 Å². The molecule has 0 saturated carbocycles. The molecule has 2 N–H and O–H groups in total. The van der Waals surface area contributed by atoms with Gasteiger partial charge in [0, 0.05) is 11.1 Å². The number of nitrogens with two attached hydrogens (primary N) is 1. The average molecular weight is 748 g/mol. The second-order valence-corrected chi connectivity index (χ2v) is 15.1. The molecule has 5 aromatic carbocycles. The summed E-state index contributed by atoms with van der Waals surface area (Å²) >= 11 is 0. The number of rotatable bonds is 11. The Morgan fingerprint density at radius 3 is 2.11 bits per heavy atom. The lowest BCUT2D eigenvalue weighted by Gasteiger charge is -2.38. The monoisotopic (exact) mass is 748 g/mol. The van der Waals surface area contributed by atoms with Crippen molar-refractivity contribution in [1.82, 2.24) is 0 Å². The Balaban J connectivity index is 0.000000572. The fraction of sp³-hybridized carbons (Fsp3) is 0.382. The summed E-state index contributed by atoms with van der Waals surface area (Å²) in [6.45, 7) is 29.6. The highest BCUT2D eigenvalue weighted by Gasteiger charge is 2.35. The van der Waals surface area contributed by atoms with E-state index in [9.17, 15) is 0 Å². The van der Waals surface area contributed by atoms with Crippen molar-refractivity contribution in [2.45, 2.75) is 138 Å². The summed E-state index contributed by atoms with van der Waals surface area (Å²) in [6, 6.07) is 31.0. The summed E-state index contributed by atoms with van der Waals surface area (Å²) in [5.74, 6) is 0.383. The zero-order valence-corrected chi connectivity index (χ0v) is 36.8. The molecule has 7 rings (SSSR count). The lowest BCUT2D eigenvalue weighted by Crippen LogP contribution is -2.26. The third kappa shape index (κ3) is 10.8. The second-order valence-electron chi connectivity index (χ2n) is 15.1. The van der Waals surface area contributed by atoms with Gasteiger partial charge in [-0.1, -0.05) is 223 Å². The third-order valence-corrected chi connectivity index (χ3v) is 11.1. The van der Waals surface area contributed by atoms with Crippen LogP contribution in [0, 0.1) is 0 Å². The smallest absolute Gasteiger partial charge is 0.0352 e. The Bertz CT molecular complexity index is 2080. The van der Waals surface area contributed by atoms with E-state index < -0.39 is 0 Å². The second kappa shape index (κ2) is 22.8. The maximum atomic E-state index is 6.71. The lowest BCUT2D eigenvalue weighted by molar-refractivity contribution is 0.600. The van der Waals surface area contributed by atoms with Crippen LogP contribution in [0.15, 0.2) is 122 Å². The summed E-state index contributed by atoms with van der Waals surface area (Å²) < 4.78 is 0. The van der Waals surface area contributed by atoms with E-state index in [1.807, 2.05) is 33.8 Å². The third-order valence-electron chi connectivity index (χ3n) is 11.1. The number of hydrogen-bond donors (Lipinski definition) is 1. The van der Waals surface area contributed by atoms with Crippen LogP contribution in [0.2, 0.25) is 0 Å². The van der Waals surface area contributed by atoms with Gasteiger partial charge in [-0.2, -0.15) is 0 Å². The fourth-order valence-corrected chi connectivity index (χ4v) is 7.81. The first-order valence-electron chi connectivity index (χ1n) is 21.8. The van der Waals surface area contributed by atoms with E-state index in [0.29, 0.717) is 5.92 Å². The molecule has 0 fully saturated rings. The summed E-state index contributed by atoms with van der Waals surface area (Å²) in [5, 5.41) is 5.27. The van der Waals surface area contributed by atoms with Crippen molar-refractivity contribution in [3.8, 4) is 11.1 Å². The van der Waals surface area contributed by atoms with Gasteiger partial charge in [-0.05, 0) is 104 Å². The number of nitrogen functional groups attached to an aromatic ring is 1. The van der Waals surface area contributed by atoms with Gasteiger partial charge in [0.15, 0.2) is 0 Å². The van der Waals surface area contributed by atoms with Crippen LogP contribution in [0.25, 0.3) is 44.3 Å². The number of allylic oxidation sites excluding steroid dienone is 5. The fourth-order valence-electron chi connectivity index (χ4n) is 7.81. The summed E-state index contributed by atoms with van der Waals surface area (Å²) in [4.78, 5) is 0. The first-order valence-corrected chi connectivity index (χ1v) is 21.8. The highest BCUT2D eigenvalue weighted by Crippen LogP contribution is 2.50. The van der Waals surface area contributed by atoms with Gasteiger partial charge in [-0.3, -0.25) is 0 Å². The van der Waals surface area contributed by atoms with Crippen LogP contribution in [0.4, 0.5) is 5.69 Å². The topological polar surface area (TPSA) is 26.0 Å². The average Bonchev–Trinajstić information content (AvgIpc) is 3.24. The number of benzene rings is 5. The molecular weight excluding hydrogens is 675 g/mol. The van der Waals surface area contributed by atoms with E-state index in [1.165, 1.54) is 98.2 Å². The first-order chi connectivity index (χ1) is 27.2. The van der Waals surface area contributed by atoms with Crippen LogP contribution in [-0.2, 0) is 11.8 Å². The van der Waals surface area contributed by atoms with E-state index in [2.05, 4.69) is 158 Å². The Kier molecular flexibility index (Phi) is 18.6. The number of anilines is 1. The van der Waals surface area contributed by atoms with E-state index in [-0.39, 0.29) is 5.41 Å². The molecule has 2 atom stereocenters. The molecule has 0 aromatic heterocycles. The summed E-state index contributed by atoms with van der Waals surface area (Å²) in [6.07, 6.45) is 19.8. The van der Waals surface area contributed by atoms with Gasteiger partial charge in [0.25, 0.3) is 0 Å². The quantitative estimate of drug-likeness (QED) is 0.106. The lowest BCUT2D eigenvalue weighted by atomic mass is 9.66. The Labute approximate surface area is 342 Å². The predicted molar refractivity (Wildman–Crippen MR) is 256 cm³/mol. The van der Waals surface area contributed by atoms with Crippen LogP contribution in [0.5, 0.6) is 0 Å². The zero-order chi connectivity index (χ0) is 41.3. The number of unbranched alkanes of at least 4 members (excludes halogenated alkanes) is 3. The molecule has 2 unspecified atom stereocenters. The van der Waals surface area contributed by atoms with Crippen molar-refractivity contribution < 1.29 is 0 Å². The zero-order valence-electron chi connectivity index (χ0n) is 36.8. The molecule has 0 heterocycles. The van der Waals surface area contributed by atoms with E-state index in [0.717, 1.165) is 36.9 Å². The van der Waals surface area contributed by atoms with Crippen LogP contribution >= 0.6 is 0 Å². The van der Waals surface area contributed by atoms with Crippen molar-refractivity contribution in [2.24, 2.45) is 0 Å². The van der Waals surface area contributed by atoms with Crippen LogP contribution < -0.4 is 5.73 Å². The van der Waals surface area contributed by atoms with E-state index in [4.69, 9.17) is 5.73 Å². The molecule has 2 aliphatic carbocycles. The molecule has 0 saturated heterocycles. The van der Waals surface area contributed by atoms with Crippen molar-refractivity contribution in [3.63, 3.8) is 0 Å². The highest BCUT2D eigenvalue weighted by atomic mass is 14.6. The number of aryl methyl sites for hydroxylation is 1. The van der Waals surface area contributed by atoms with Crippen LogP contribution in [0.3, 0.4) is 0 Å². The molecule has 298 valence electrons. The Hall–Kier alpha value is -4.62. The Morgan fingerprint density at radius 2 is 1.46 bits per heavy atom. The molecular formula is C55H73N. The Morgan fingerprint density at radius 1 is 0.786 bits per heavy atom. The molecule has 0 spiro atoms.